The molecule has 0 spiro atoms. The van der Waals surface area contributed by atoms with Gasteiger partial charge in [0.2, 0.25) is 0 Å². The minimum absolute atomic E-state index is 0.160. The van der Waals surface area contributed by atoms with Crippen molar-refractivity contribution < 1.29 is 9.53 Å². The molecule has 116 valence electrons. The lowest BCUT2D eigenvalue weighted by Crippen LogP contribution is -2.32. The molecule has 1 amide bonds. The topological polar surface area (TPSA) is 38.3 Å². The normalized spacial score (nSPS) is 11.8. The lowest BCUT2D eigenvalue weighted by molar-refractivity contribution is -0.122. The maximum atomic E-state index is 12.3. The van der Waals surface area contributed by atoms with Crippen LogP contribution in [0.2, 0.25) is 5.02 Å². The quantitative estimate of drug-likeness (QED) is 0.838. The van der Waals surface area contributed by atoms with Crippen molar-refractivity contribution in [3.8, 4) is 5.75 Å². The summed E-state index contributed by atoms with van der Waals surface area (Å²) >= 11 is 5.93. The van der Waals surface area contributed by atoms with Gasteiger partial charge in [-0.25, -0.2) is 0 Å². The highest BCUT2D eigenvalue weighted by atomic mass is 35.5. The minimum Gasteiger partial charge on any atom is -0.481 e. The van der Waals surface area contributed by atoms with Gasteiger partial charge in [-0.15, -0.1) is 0 Å². The van der Waals surface area contributed by atoms with Crippen molar-refractivity contribution in [3.63, 3.8) is 0 Å². The zero-order valence-electron chi connectivity index (χ0n) is 12.8. The average molecular weight is 318 g/mol. The van der Waals surface area contributed by atoms with E-state index in [1.54, 1.807) is 24.3 Å². The van der Waals surface area contributed by atoms with E-state index in [0.717, 1.165) is 12.1 Å². The highest BCUT2D eigenvalue weighted by Crippen LogP contribution is 2.20. The number of hydrogen-bond donors (Lipinski definition) is 1. The molecule has 0 heterocycles. The monoisotopic (exact) mass is 317 g/mol. The summed E-state index contributed by atoms with van der Waals surface area (Å²) in [5.41, 5.74) is 2.01. The molecule has 3 nitrogen and oxygen atoms in total. The number of benzene rings is 2. The Labute approximate surface area is 136 Å². The standard InChI is InChI=1S/C18H20ClNO2/c1-3-13-8-10-15(11-9-13)20-18(21)17(4-2)22-16-7-5-6-14(19)12-16/h5-12,17H,3-4H2,1-2H3,(H,20,21)/t17-/m1/s1. The van der Waals surface area contributed by atoms with E-state index in [0.29, 0.717) is 17.2 Å². The van der Waals surface area contributed by atoms with Crippen LogP contribution in [0.15, 0.2) is 48.5 Å². The lowest BCUT2D eigenvalue weighted by atomic mass is 10.1. The van der Waals surface area contributed by atoms with Crippen LogP contribution in [0.3, 0.4) is 0 Å². The number of nitrogens with one attached hydrogen (secondary N) is 1. The van der Waals surface area contributed by atoms with Gasteiger partial charge in [0, 0.05) is 10.7 Å². The van der Waals surface area contributed by atoms with E-state index < -0.39 is 6.10 Å². The largest absolute Gasteiger partial charge is 0.481 e. The molecule has 0 fully saturated rings. The fourth-order valence-electron chi connectivity index (χ4n) is 2.07. The Morgan fingerprint density at radius 2 is 1.91 bits per heavy atom. The first-order valence-electron chi connectivity index (χ1n) is 7.44. The number of amides is 1. The second-order valence-electron chi connectivity index (χ2n) is 5.01. The number of rotatable bonds is 6. The Kier molecular flexibility index (Phi) is 5.84. The third kappa shape index (κ3) is 4.50. The average Bonchev–Trinajstić information content (AvgIpc) is 2.53. The third-order valence-corrected chi connectivity index (χ3v) is 3.60. The first-order valence-corrected chi connectivity index (χ1v) is 7.82. The Bertz CT molecular complexity index is 625. The number of carbonyl (C=O) groups is 1. The van der Waals surface area contributed by atoms with Crippen LogP contribution in [-0.2, 0) is 11.2 Å². The number of ether oxygens (including phenoxy) is 1. The van der Waals surface area contributed by atoms with Gasteiger partial charge in [0.15, 0.2) is 6.10 Å². The zero-order valence-corrected chi connectivity index (χ0v) is 13.6. The smallest absolute Gasteiger partial charge is 0.265 e. The molecule has 0 aromatic heterocycles. The predicted molar refractivity (Wildman–Crippen MR) is 90.6 cm³/mol. The third-order valence-electron chi connectivity index (χ3n) is 3.37. The van der Waals surface area contributed by atoms with Crippen LogP contribution in [-0.4, -0.2) is 12.0 Å². The van der Waals surface area contributed by atoms with Gasteiger partial charge >= 0.3 is 0 Å². The van der Waals surface area contributed by atoms with Crippen LogP contribution in [0.1, 0.15) is 25.8 Å². The first-order chi connectivity index (χ1) is 10.6. The number of aryl methyl sites for hydroxylation is 1. The number of anilines is 1. The molecule has 4 heteroatoms. The summed E-state index contributed by atoms with van der Waals surface area (Å²) in [7, 11) is 0. The van der Waals surface area contributed by atoms with Crippen molar-refractivity contribution in [2.24, 2.45) is 0 Å². The minimum atomic E-state index is -0.552. The van der Waals surface area contributed by atoms with Crippen LogP contribution in [0.25, 0.3) is 0 Å². The SMILES string of the molecule is CCc1ccc(NC(=O)[C@@H](CC)Oc2cccc(Cl)c2)cc1. The Balaban J connectivity index is 2.01. The fraction of sp³-hybridized carbons (Fsp3) is 0.278. The van der Waals surface area contributed by atoms with Crippen molar-refractivity contribution in [1.82, 2.24) is 0 Å². The summed E-state index contributed by atoms with van der Waals surface area (Å²) in [6.45, 7) is 4.01. The number of hydrogen-bond acceptors (Lipinski definition) is 2. The molecule has 2 rings (SSSR count). The molecule has 0 bridgehead atoms. The van der Waals surface area contributed by atoms with Gasteiger partial charge < -0.3 is 10.1 Å². The van der Waals surface area contributed by atoms with Gasteiger partial charge in [-0.2, -0.15) is 0 Å². The van der Waals surface area contributed by atoms with E-state index in [1.165, 1.54) is 5.56 Å². The fourth-order valence-corrected chi connectivity index (χ4v) is 2.25. The molecule has 0 aliphatic rings. The van der Waals surface area contributed by atoms with Gasteiger partial charge in [0.25, 0.3) is 5.91 Å². The van der Waals surface area contributed by atoms with Gasteiger partial charge in [0.1, 0.15) is 5.75 Å². The molecule has 0 saturated carbocycles. The summed E-state index contributed by atoms with van der Waals surface area (Å²) in [4.78, 5) is 12.3. The molecule has 0 aliphatic heterocycles. The second-order valence-corrected chi connectivity index (χ2v) is 5.45. The molecule has 0 saturated heterocycles. The molecule has 0 aliphatic carbocycles. The summed E-state index contributed by atoms with van der Waals surface area (Å²) in [5.74, 6) is 0.433. The van der Waals surface area contributed by atoms with E-state index in [-0.39, 0.29) is 5.91 Å². The molecule has 1 atom stereocenters. The second kappa shape index (κ2) is 7.85. The predicted octanol–water partition coefficient (Wildman–Crippen LogP) is 4.70. The van der Waals surface area contributed by atoms with Crippen molar-refractivity contribution in [3.05, 3.63) is 59.1 Å². The van der Waals surface area contributed by atoms with Crippen molar-refractivity contribution in [2.45, 2.75) is 32.8 Å². The van der Waals surface area contributed by atoms with Crippen molar-refractivity contribution in [2.75, 3.05) is 5.32 Å². The molecule has 1 N–H and O–H groups in total. The van der Waals surface area contributed by atoms with Gasteiger partial charge in [0.05, 0.1) is 0 Å². The maximum Gasteiger partial charge on any atom is 0.265 e. The maximum absolute atomic E-state index is 12.3. The van der Waals surface area contributed by atoms with E-state index in [4.69, 9.17) is 16.3 Å². The molecular weight excluding hydrogens is 298 g/mol. The summed E-state index contributed by atoms with van der Waals surface area (Å²) in [5, 5.41) is 3.47. The summed E-state index contributed by atoms with van der Waals surface area (Å²) in [6.07, 6.45) is 0.999. The van der Waals surface area contributed by atoms with Crippen LogP contribution in [0.4, 0.5) is 5.69 Å². The van der Waals surface area contributed by atoms with E-state index in [9.17, 15) is 4.79 Å². The van der Waals surface area contributed by atoms with Gasteiger partial charge in [-0.1, -0.05) is 43.6 Å². The van der Waals surface area contributed by atoms with E-state index in [2.05, 4.69) is 12.2 Å². The van der Waals surface area contributed by atoms with Crippen LogP contribution in [0, 0.1) is 0 Å². The number of halogens is 1. The van der Waals surface area contributed by atoms with Crippen LogP contribution < -0.4 is 10.1 Å². The lowest BCUT2D eigenvalue weighted by Gasteiger charge is -2.17. The summed E-state index contributed by atoms with van der Waals surface area (Å²) < 4.78 is 5.73. The zero-order chi connectivity index (χ0) is 15.9. The molecule has 2 aromatic rings. The Morgan fingerprint density at radius 1 is 1.18 bits per heavy atom. The first kappa shape index (κ1) is 16.4. The van der Waals surface area contributed by atoms with Crippen molar-refractivity contribution in [1.29, 1.82) is 0 Å². The molecular formula is C18H20ClNO2. The van der Waals surface area contributed by atoms with Crippen molar-refractivity contribution >= 4 is 23.2 Å². The van der Waals surface area contributed by atoms with Gasteiger partial charge in [-0.3, -0.25) is 4.79 Å². The molecule has 0 unspecified atom stereocenters. The molecule has 22 heavy (non-hydrogen) atoms. The Hall–Kier alpha value is -2.00. The highest BCUT2D eigenvalue weighted by Gasteiger charge is 2.18. The van der Waals surface area contributed by atoms with E-state index >= 15 is 0 Å². The van der Waals surface area contributed by atoms with Crippen LogP contribution >= 0.6 is 11.6 Å². The highest BCUT2D eigenvalue weighted by molar-refractivity contribution is 6.30. The Morgan fingerprint density at radius 3 is 2.50 bits per heavy atom. The van der Waals surface area contributed by atoms with Gasteiger partial charge in [-0.05, 0) is 48.7 Å². The number of carbonyl (C=O) groups excluding carboxylic acids is 1. The van der Waals surface area contributed by atoms with Crippen LogP contribution in [0.5, 0.6) is 5.75 Å². The van der Waals surface area contributed by atoms with E-state index in [1.807, 2.05) is 31.2 Å². The molecule has 0 radical (unpaired) electrons. The summed E-state index contributed by atoms with van der Waals surface area (Å²) in [6, 6.07) is 14.9. The molecule has 2 aromatic carbocycles.